The molecule has 4 rings (SSSR count). The van der Waals surface area contributed by atoms with Crippen LogP contribution in [0.3, 0.4) is 0 Å². The minimum Gasteiger partial charge on any atom is -0.484 e. The van der Waals surface area contributed by atoms with Crippen molar-refractivity contribution in [3.8, 4) is 11.8 Å². The number of oxazole rings is 1. The number of carbonyl (C=O) groups excluding carboxylic acids is 1. The third kappa shape index (κ3) is 5.51. The van der Waals surface area contributed by atoms with Gasteiger partial charge < -0.3 is 19.0 Å². The molecule has 0 N–H and O–H groups in total. The molecule has 0 bridgehead atoms. The summed E-state index contributed by atoms with van der Waals surface area (Å²) in [6.07, 6.45) is 3.44. The molecule has 0 saturated carbocycles. The van der Waals surface area contributed by atoms with Gasteiger partial charge in [0.1, 0.15) is 17.6 Å². The van der Waals surface area contributed by atoms with E-state index < -0.39 is 0 Å². The van der Waals surface area contributed by atoms with Gasteiger partial charge in [-0.1, -0.05) is 29.8 Å². The summed E-state index contributed by atoms with van der Waals surface area (Å²) < 4.78 is 24.2. The highest BCUT2D eigenvalue weighted by Crippen LogP contribution is 2.25. The zero-order valence-electron chi connectivity index (χ0n) is 17.6. The number of nitrogens with zero attached hydrogens (tertiary/aromatic N) is 4. The Kier molecular flexibility index (Phi) is 6.91. The van der Waals surface area contributed by atoms with Crippen LogP contribution in [0.2, 0.25) is 5.02 Å². The first-order valence-corrected chi connectivity index (χ1v) is 10.7. The van der Waals surface area contributed by atoms with Gasteiger partial charge >= 0.3 is 0 Å². The third-order valence-corrected chi connectivity index (χ3v) is 5.48. The zero-order chi connectivity index (χ0) is 23.2. The molecule has 1 aliphatic heterocycles. The molecule has 2 aromatic carbocycles. The number of carbonyl (C=O) groups is 1. The molecule has 0 spiro atoms. The minimum atomic E-state index is -0.364. The van der Waals surface area contributed by atoms with Gasteiger partial charge in [-0.25, -0.2) is 4.39 Å². The van der Waals surface area contributed by atoms with Crippen molar-refractivity contribution >= 4 is 35.5 Å². The van der Waals surface area contributed by atoms with E-state index in [1.54, 1.807) is 23.1 Å². The summed E-state index contributed by atoms with van der Waals surface area (Å²) >= 11 is 6.16. The molecule has 1 saturated heterocycles. The van der Waals surface area contributed by atoms with Gasteiger partial charge in [-0.3, -0.25) is 4.79 Å². The van der Waals surface area contributed by atoms with E-state index in [0.29, 0.717) is 48.7 Å². The van der Waals surface area contributed by atoms with Gasteiger partial charge in [0.05, 0.1) is 0 Å². The molecule has 2 heterocycles. The van der Waals surface area contributed by atoms with Crippen molar-refractivity contribution in [2.75, 3.05) is 37.7 Å². The molecule has 33 heavy (non-hydrogen) atoms. The molecule has 3 aromatic rings. The number of aromatic nitrogens is 1. The summed E-state index contributed by atoms with van der Waals surface area (Å²) in [5.41, 5.74) is 1.00. The van der Waals surface area contributed by atoms with Crippen molar-refractivity contribution < 1.29 is 18.3 Å². The Labute approximate surface area is 195 Å². The van der Waals surface area contributed by atoms with Crippen molar-refractivity contribution in [3.05, 3.63) is 76.5 Å². The smallest absolute Gasteiger partial charge is 0.260 e. The van der Waals surface area contributed by atoms with Crippen LogP contribution in [-0.2, 0) is 4.79 Å². The average molecular weight is 467 g/mol. The van der Waals surface area contributed by atoms with E-state index in [1.165, 1.54) is 24.3 Å². The van der Waals surface area contributed by atoms with Gasteiger partial charge in [0.15, 0.2) is 6.61 Å². The Morgan fingerprint density at radius 3 is 2.58 bits per heavy atom. The number of amides is 1. The van der Waals surface area contributed by atoms with E-state index in [2.05, 4.69) is 11.1 Å². The number of rotatable bonds is 6. The molecule has 1 aromatic heterocycles. The first-order valence-electron chi connectivity index (χ1n) is 10.3. The van der Waals surface area contributed by atoms with Crippen LogP contribution in [0.25, 0.3) is 12.2 Å². The molecule has 7 nitrogen and oxygen atoms in total. The largest absolute Gasteiger partial charge is 0.484 e. The second-order valence-corrected chi connectivity index (χ2v) is 7.69. The molecule has 1 amide bonds. The Bertz CT molecular complexity index is 1200. The number of hydrogen-bond donors (Lipinski definition) is 0. The quantitative estimate of drug-likeness (QED) is 0.540. The van der Waals surface area contributed by atoms with Crippen molar-refractivity contribution in [3.63, 3.8) is 0 Å². The van der Waals surface area contributed by atoms with Crippen LogP contribution in [0.15, 0.2) is 52.9 Å². The molecule has 0 unspecified atom stereocenters. The standard InChI is InChI=1S/C24H20ClFN4O3/c25-20-4-2-1-3-17(20)5-10-22-28-21(15-27)24(33-22)30-13-11-29(12-14-30)23(31)16-32-19-8-6-18(26)7-9-19/h1-10H,11-14,16H2/b10-5+. The highest BCUT2D eigenvalue weighted by molar-refractivity contribution is 6.32. The van der Waals surface area contributed by atoms with Crippen molar-refractivity contribution in [1.82, 2.24) is 9.88 Å². The molecule has 168 valence electrons. The average Bonchev–Trinajstić information content (AvgIpc) is 3.26. The number of hydrogen-bond acceptors (Lipinski definition) is 6. The van der Waals surface area contributed by atoms with Crippen molar-refractivity contribution in [2.24, 2.45) is 0 Å². The third-order valence-electron chi connectivity index (χ3n) is 5.14. The summed E-state index contributed by atoms with van der Waals surface area (Å²) in [4.78, 5) is 20.3. The SMILES string of the molecule is N#Cc1nc(/C=C/c2ccccc2Cl)oc1N1CCN(C(=O)COc2ccc(F)cc2)CC1. The van der Waals surface area contributed by atoms with E-state index in [1.807, 2.05) is 23.1 Å². The van der Waals surface area contributed by atoms with Gasteiger partial charge in [-0.15, -0.1) is 0 Å². The Balaban J connectivity index is 1.35. The first-order chi connectivity index (χ1) is 16.0. The molecule has 0 aliphatic carbocycles. The van der Waals surface area contributed by atoms with Gasteiger partial charge in [0.25, 0.3) is 5.91 Å². The monoisotopic (exact) mass is 466 g/mol. The van der Waals surface area contributed by atoms with E-state index in [-0.39, 0.29) is 24.0 Å². The summed E-state index contributed by atoms with van der Waals surface area (Å²) in [6, 6.07) is 14.9. The lowest BCUT2D eigenvalue weighted by molar-refractivity contribution is -0.133. The van der Waals surface area contributed by atoms with Crippen molar-refractivity contribution in [1.29, 1.82) is 5.26 Å². The van der Waals surface area contributed by atoms with Gasteiger partial charge in [0.2, 0.25) is 17.5 Å². The lowest BCUT2D eigenvalue weighted by Crippen LogP contribution is -2.50. The van der Waals surface area contributed by atoms with Gasteiger partial charge in [-0.05, 0) is 42.0 Å². The van der Waals surface area contributed by atoms with Crippen LogP contribution in [0.5, 0.6) is 5.75 Å². The maximum absolute atomic E-state index is 13.0. The molecule has 1 aliphatic rings. The molecule has 9 heteroatoms. The number of piperazine rings is 1. The lowest BCUT2D eigenvalue weighted by atomic mass is 10.2. The highest BCUT2D eigenvalue weighted by atomic mass is 35.5. The van der Waals surface area contributed by atoms with E-state index in [9.17, 15) is 14.4 Å². The lowest BCUT2D eigenvalue weighted by Gasteiger charge is -2.34. The minimum absolute atomic E-state index is 0.131. The zero-order valence-corrected chi connectivity index (χ0v) is 18.3. The Morgan fingerprint density at radius 2 is 1.88 bits per heavy atom. The van der Waals surface area contributed by atoms with E-state index >= 15 is 0 Å². The number of benzene rings is 2. The van der Waals surface area contributed by atoms with Crippen LogP contribution >= 0.6 is 11.6 Å². The summed E-state index contributed by atoms with van der Waals surface area (Å²) in [7, 11) is 0. The summed E-state index contributed by atoms with van der Waals surface area (Å²) in [6.45, 7) is 1.73. The van der Waals surface area contributed by atoms with Gasteiger partial charge in [0, 0.05) is 37.3 Å². The summed E-state index contributed by atoms with van der Waals surface area (Å²) in [5, 5.41) is 10.1. The highest BCUT2D eigenvalue weighted by Gasteiger charge is 2.26. The molecule has 0 atom stereocenters. The number of halogens is 2. The predicted molar refractivity (Wildman–Crippen MR) is 122 cm³/mol. The van der Waals surface area contributed by atoms with Crippen molar-refractivity contribution in [2.45, 2.75) is 0 Å². The predicted octanol–water partition coefficient (Wildman–Crippen LogP) is 4.24. The van der Waals surface area contributed by atoms with E-state index in [0.717, 1.165) is 5.56 Å². The Hall–Kier alpha value is -3.83. The number of anilines is 1. The number of nitriles is 1. The molecule has 1 fully saturated rings. The topological polar surface area (TPSA) is 82.6 Å². The Morgan fingerprint density at radius 1 is 1.15 bits per heavy atom. The second-order valence-electron chi connectivity index (χ2n) is 7.28. The first kappa shape index (κ1) is 22.4. The van der Waals surface area contributed by atoms with Gasteiger partial charge in [-0.2, -0.15) is 10.2 Å². The fourth-order valence-electron chi connectivity index (χ4n) is 3.38. The van der Waals surface area contributed by atoms with Crippen LogP contribution < -0.4 is 9.64 Å². The molecular formula is C24H20ClFN4O3. The second kappa shape index (κ2) is 10.2. The van der Waals surface area contributed by atoms with Crippen LogP contribution in [0.1, 0.15) is 17.1 Å². The maximum Gasteiger partial charge on any atom is 0.260 e. The van der Waals surface area contributed by atoms with Crippen LogP contribution in [0, 0.1) is 17.1 Å². The normalized spacial score (nSPS) is 13.8. The molecular weight excluding hydrogens is 447 g/mol. The number of ether oxygens (including phenoxy) is 1. The fraction of sp³-hybridized carbons (Fsp3) is 0.208. The fourth-order valence-corrected chi connectivity index (χ4v) is 3.58. The molecule has 0 radical (unpaired) electrons. The van der Waals surface area contributed by atoms with E-state index in [4.69, 9.17) is 20.8 Å². The van der Waals surface area contributed by atoms with Crippen LogP contribution in [-0.4, -0.2) is 48.6 Å². The summed E-state index contributed by atoms with van der Waals surface area (Å²) in [5.74, 6) is 0.580. The van der Waals surface area contributed by atoms with Crippen LogP contribution in [0.4, 0.5) is 10.3 Å². The maximum atomic E-state index is 13.0.